The normalized spacial score (nSPS) is 22.4. The minimum atomic E-state index is -0.646. The molecule has 1 saturated heterocycles. The fraction of sp³-hybridized carbons (Fsp3) is 0.500. The number of methoxy groups -OCH3 is 1. The Hall–Kier alpha value is -1.85. The van der Waals surface area contributed by atoms with Gasteiger partial charge in [0.2, 0.25) is 0 Å². The molecule has 5 heteroatoms. The molecule has 0 aliphatic carbocycles. The van der Waals surface area contributed by atoms with Crippen molar-refractivity contribution in [1.82, 2.24) is 0 Å². The van der Waals surface area contributed by atoms with Crippen molar-refractivity contribution in [2.75, 3.05) is 7.11 Å². The van der Waals surface area contributed by atoms with Crippen LogP contribution in [-0.4, -0.2) is 24.6 Å². The molecule has 1 aromatic carbocycles. The SMILES string of the molecule is COc1ccc2ccc(=O)oc2c1C[C@@H]1OC(C)(C)OC1(C)C. The van der Waals surface area contributed by atoms with E-state index in [2.05, 4.69) is 0 Å². The minimum Gasteiger partial charge on any atom is -0.496 e. The van der Waals surface area contributed by atoms with Gasteiger partial charge in [0.05, 0.1) is 18.8 Å². The molecule has 0 bridgehead atoms. The number of hydrogen-bond donors (Lipinski definition) is 0. The van der Waals surface area contributed by atoms with Crippen LogP contribution in [0.25, 0.3) is 11.0 Å². The minimum absolute atomic E-state index is 0.178. The van der Waals surface area contributed by atoms with Crippen LogP contribution in [0.4, 0.5) is 0 Å². The summed E-state index contributed by atoms with van der Waals surface area (Å²) in [5.41, 5.74) is 0.532. The van der Waals surface area contributed by atoms with E-state index in [0.29, 0.717) is 17.8 Å². The van der Waals surface area contributed by atoms with Crippen molar-refractivity contribution in [1.29, 1.82) is 0 Å². The highest BCUT2D eigenvalue weighted by Crippen LogP contribution is 2.39. The first kappa shape index (κ1) is 16.0. The van der Waals surface area contributed by atoms with Gasteiger partial charge in [-0.25, -0.2) is 4.79 Å². The lowest BCUT2D eigenvalue weighted by Gasteiger charge is -2.24. The van der Waals surface area contributed by atoms with Crippen LogP contribution < -0.4 is 10.4 Å². The summed E-state index contributed by atoms with van der Waals surface area (Å²) < 4.78 is 22.9. The average Bonchev–Trinajstić information content (AvgIpc) is 2.66. The van der Waals surface area contributed by atoms with E-state index in [1.165, 1.54) is 6.07 Å². The van der Waals surface area contributed by atoms with Crippen molar-refractivity contribution in [3.05, 3.63) is 40.2 Å². The Morgan fingerprint density at radius 3 is 2.43 bits per heavy atom. The molecule has 1 fully saturated rings. The molecule has 0 N–H and O–H groups in total. The molecule has 0 spiro atoms. The van der Waals surface area contributed by atoms with Gasteiger partial charge >= 0.3 is 5.63 Å². The molecular weight excluding hydrogens is 296 g/mol. The monoisotopic (exact) mass is 318 g/mol. The standard InChI is InChI=1S/C18H22O5/c1-17(2)14(22-18(3,4)23-17)10-12-13(20-5)8-6-11-7-9-15(19)21-16(11)12/h6-9,14H,10H2,1-5H3/t14-/m0/s1. The van der Waals surface area contributed by atoms with Gasteiger partial charge in [-0.3, -0.25) is 0 Å². The van der Waals surface area contributed by atoms with Gasteiger partial charge in [-0.2, -0.15) is 0 Å². The highest BCUT2D eigenvalue weighted by molar-refractivity contribution is 5.82. The second-order valence-electron chi connectivity index (χ2n) is 6.84. The number of fused-ring (bicyclic) bond motifs is 1. The first-order chi connectivity index (χ1) is 10.7. The van der Waals surface area contributed by atoms with Crippen LogP contribution in [0.1, 0.15) is 33.3 Å². The Labute approximate surface area is 135 Å². The second-order valence-corrected chi connectivity index (χ2v) is 6.84. The summed E-state index contributed by atoms with van der Waals surface area (Å²) in [4.78, 5) is 11.6. The number of ether oxygens (including phenoxy) is 3. The molecule has 1 aromatic heterocycles. The molecule has 0 radical (unpaired) electrons. The molecule has 23 heavy (non-hydrogen) atoms. The van der Waals surface area contributed by atoms with Crippen LogP contribution in [0.3, 0.4) is 0 Å². The first-order valence-corrected chi connectivity index (χ1v) is 7.69. The highest BCUT2D eigenvalue weighted by atomic mass is 16.8. The van der Waals surface area contributed by atoms with E-state index >= 15 is 0 Å². The third-order valence-electron chi connectivity index (χ3n) is 4.17. The van der Waals surface area contributed by atoms with Gasteiger partial charge in [0.1, 0.15) is 11.3 Å². The molecule has 5 nitrogen and oxygen atoms in total. The summed E-state index contributed by atoms with van der Waals surface area (Å²) in [5.74, 6) is 0.0308. The molecule has 1 aliphatic rings. The predicted molar refractivity (Wildman–Crippen MR) is 86.9 cm³/mol. The van der Waals surface area contributed by atoms with E-state index in [0.717, 1.165) is 10.9 Å². The van der Waals surface area contributed by atoms with Gasteiger partial charge in [0.15, 0.2) is 5.79 Å². The maximum atomic E-state index is 11.6. The van der Waals surface area contributed by atoms with Crippen LogP contribution in [0, 0.1) is 0 Å². The molecule has 0 unspecified atom stereocenters. The van der Waals surface area contributed by atoms with Crippen molar-refractivity contribution in [3.8, 4) is 5.75 Å². The van der Waals surface area contributed by atoms with Crippen LogP contribution in [0.15, 0.2) is 33.5 Å². The zero-order valence-corrected chi connectivity index (χ0v) is 14.1. The van der Waals surface area contributed by atoms with E-state index in [1.54, 1.807) is 13.2 Å². The number of rotatable bonds is 3. The van der Waals surface area contributed by atoms with Crippen molar-refractivity contribution >= 4 is 11.0 Å². The van der Waals surface area contributed by atoms with E-state index in [1.807, 2.05) is 39.8 Å². The topological polar surface area (TPSA) is 57.9 Å². The van der Waals surface area contributed by atoms with Gasteiger partial charge in [0.25, 0.3) is 0 Å². The zero-order valence-electron chi connectivity index (χ0n) is 14.1. The number of hydrogen-bond acceptors (Lipinski definition) is 5. The molecule has 0 saturated carbocycles. The van der Waals surface area contributed by atoms with Crippen LogP contribution in [0.2, 0.25) is 0 Å². The van der Waals surface area contributed by atoms with Gasteiger partial charge in [-0.05, 0) is 45.9 Å². The predicted octanol–water partition coefficient (Wildman–Crippen LogP) is 3.27. The maximum absolute atomic E-state index is 11.6. The second kappa shape index (κ2) is 5.35. The van der Waals surface area contributed by atoms with Crippen molar-refractivity contribution < 1.29 is 18.6 Å². The summed E-state index contributed by atoms with van der Waals surface area (Å²) in [6.07, 6.45) is 0.353. The van der Waals surface area contributed by atoms with Crippen LogP contribution in [0.5, 0.6) is 5.75 Å². The Balaban J connectivity index is 2.08. The third kappa shape index (κ3) is 2.99. The number of benzene rings is 1. The molecule has 124 valence electrons. The quantitative estimate of drug-likeness (QED) is 0.813. The molecule has 2 aromatic rings. The molecule has 0 amide bonds. The van der Waals surface area contributed by atoms with E-state index in [-0.39, 0.29) is 11.7 Å². The average molecular weight is 318 g/mol. The Bertz CT molecular complexity index is 788. The molecule has 1 atom stereocenters. The van der Waals surface area contributed by atoms with Gasteiger partial charge in [-0.15, -0.1) is 0 Å². The van der Waals surface area contributed by atoms with E-state index < -0.39 is 11.4 Å². The third-order valence-corrected chi connectivity index (χ3v) is 4.17. The van der Waals surface area contributed by atoms with E-state index in [9.17, 15) is 4.79 Å². The van der Waals surface area contributed by atoms with Gasteiger partial charge < -0.3 is 18.6 Å². The summed E-state index contributed by atoms with van der Waals surface area (Å²) in [7, 11) is 1.60. The smallest absolute Gasteiger partial charge is 0.336 e. The van der Waals surface area contributed by atoms with Crippen LogP contribution >= 0.6 is 0 Å². The van der Waals surface area contributed by atoms with Crippen molar-refractivity contribution in [3.63, 3.8) is 0 Å². The van der Waals surface area contributed by atoms with Gasteiger partial charge in [-0.1, -0.05) is 0 Å². The Kier molecular flexibility index (Phi) is 3.73. The summed E-state index contributed by atoms with van der Waals surface area (Å²) in [6, 6.07) is 6.93. The molecule has 1 aliphatic heterocycles. The maximum Gasteiger partial charge on any atom is 0.336 e. The molecule has 2 heterocycles. The zero-order chi connectivity index (χ0) is 16.8. The fourth-order valence-electron chi connectivity index (χ4n) is 3.24. The lowest BCUT2D eigenvalue weighted by molar-refractivity contribution is -0.157. The molecular formula is C18H22O5. The summed E-state index contributed by atoms with van der Waals surface area (Å²) in [5, 5.41) is 0.858. The Morgan fingerprint density at radius 1 is 1.13 bits per heavy atom. The van der Waals surface area contributed by atoms with Crippen molar-refractivity contribution in [2.24, 2.45) is 0 Å². The first-order valence-electron chi connectivity index (χ1n) is 7.69. The molecule has 3 rings (SSSR count). The lowest BCUT2D eigenvalue weighted by atomic mass is 9.94. The Morgan fingerprint density at radius 2 is 1.83 bits per heavy atom. The fourth-order valence-corrected chi connectivity index (χ4v) is 3.24. The lowest BCUT2D eigenvalue weighted by Crippen LogP contribution is -2.34. The van der Waals surface area contributed by atoms with Crippen LogP contribution in [-0.2, 0) is 15.9 Å². The largest absolute Gasteiger partial charge is 0.496 e. The summed E-state index contributed by atoms with van der Waals surface area (Å²) >= 11 is 0. The summed E-state index contributed by atoms with van der Waals surface area (Å²) in [6.45, 7) is 7.80. The van der Waals surface area contributed by atoms with E-state index in [4.69, 9.17) is 18.6 Å². The van der Waals surface area contributed by atoms with Crippen molar-refractivity contribution in [2.45, 2.75) is 51.6 Å². The van der Waals surface area contributed by atoms with Gasteiger partial charge in [0, 0.05) is 23.4 Å². The highest BCUT2D eigenvalue weighted by Gasteiger charge is 2.47.